The van der Waals surface area contributed by atoms with Crippen molar-refractivity contribution in [2.45, 2.75) is 26.0 Å². The predicted octanol–water partition coefficient (Wildman–Crippen LogP) is 1.68. The van der Waals surface area contributed by atoms with Crippen molar-refractivity contribution in [2.24, 2.45) is 0 Å². The summed E-state index contributed by atoms with van der Waals surface area (Å²) in [6.07, 6.45) is 1.81. The molecule has 0 unspecified atom stereocenters. The highest BCUT2D eigenvalue weighted by atomic mass is 16.5. The molecule has 0 bridgehead atoms. The van der Waals surface area contributed by atoms with Crippen LogP contribution in [0.2, 0.25) is 0 Å². The molecular formula is C11H16N2O. The van der Waals surface area contributed by atoms with E-state index in [0.29, 0.717) is 0 Å². The van der Waals surface area contributed by atoms with Gasteiger partial charge in [0.15, 0.2) is 0 Å². The lowest BCUT2D eigenvalue weighted by molar-refractivity contribution is 0.0808. The molecule has 1 aromatic rings. The molecule has 0 N–H and O–H groups in total. The minimum absolute atomic E-state index is 0.136. The lowest BCUT2D eigenvalue weighted by Crippen LogP contribution is -2.38. The van der Waals surface area contributed by atoms with Gasteiger partial charge < -0.3 is 4.74 Å². The van der Waals surface area contributed by atoms with Crippen molar-refractivity contribution in [1.29, 1.82) is 0 Å². The second kappa shape index (κ2) is 3.24. The fourth-order valence-electron chi connectivity index (χ4n) is 1.93. The SMILES string of the molecule is CN1Cc2ncccc2OC(C)(C)C1. The largest absolute Gasteiger partial charge is 0.485 e. The first kappa shape index (κ1) is 9.46. The Bertz CT molecular complexity index is 336. The van der Waals surface area contributed by atoms with Gasteiger partial charge in [0.05, 0.1) is 5.69 Å². The summed E-state index contributed by atoms with van der Waals surface area (Å²) >= 11 is 0. The van der Waals surface area contributed by atoms with E-state index in [4.69, 9.17) is 4.74 Å². The smallest absolute Gasteiger partial charge is 0.143 e. The van der Waals surface area contributed by atoms with E-state index in [2.05, 4.69) is 30.8 Å². The van der Waals surface area contributed by atoms with Crippen LogP contribution in [0.15, 0.2) is 18.3 Å². The second-order valence-corrected chi connectivity index (χ2v) is 4.48. The standard InChI is InChI=1S/C11H16N2O/c1-11(2)8-13(3)7-9-10(14-11)5-4-6-12-9/h4-6H,7-8H2,1-3H3. The Morgan fingerprint density at radius 2 is 2.29 bits per heavy atom. The maximum atomic E-state index is 5.91. The van der Waals surface area contributed by atoms with Crippen molar-refractivity contribution in [3.63, 3.8) is 0 Å². The number of hydrogen-bond acceptors (Lipinski definition) is 3. The topological polar surface area (TPSA) is 25.4 Å². The summed E-state index contributed by atoms with van der Waals surface area (Å²) in [5.74, 6) is 0.918. The lowest BCUT2D eigenvalue weighted by Gasteiger charge is -2.27. The number of fused-ring (bicyclic) bond motifs is 1. The summed E-state index contributed by atoms with van der Waals surface area (Å²) < 4.78 is 5.91. The maximum absolute atomic E-state index is 5.91. The molecule has 0 spiro atoms. The van der Waals surface area contributed by atoms with Gasteiger partial charge in [-0.1, -0.05) is 0 Å². The highest BCUT2D eigenvalue weighted by molar-refractivity contribution is 5.28. The van der Waals surface area contributed by atoms with E-state index in [1.54, 1.807) is 0 Å². The predicted molar refractivity (Wildman–Crippen MR) is 55.3 cm³/mol. The lowest BCUT2D eigenvalue weighted by atomic mass is 10.1. The van der Waals surface area contributed by atoms with Crippen LogP contribution in [-0.4, -0.2) is 29.1 Å². The maximum Gasteiger partial charge on any atom is 0.143 e. The minimum atomic E-state index is -0.136. The van der Waals surface area contributed by atoms with E-state index in [1.807, 2.05) is 18.3 Å². The minimum Gasteiger partial charge on any atom is -0.485 e. The Labute approximate surface area is 84.7 Å². The Kier molecular flexibility index (Phi) is 2.19. The van der Waals surface area contributed by atoms with Crippen LogP contribution in [0.3, 0.4) is 0 Å². The molecule has 0 aliphatic carbocycles. The van der Waals surface area contributed by atoms with Gasteiger partial charge >= 0.3 is 0 Å². The summed E-state index contributed by atoms with van der Waals surface area (Å²) in [5.41, 5.74) is 0.892. The molecule has 2 rings (SSSR count). The number of rotatable bonds is 0. The third-order valence-corrected chi connectivity index (χ3v) is 2.31. The molecule has 1 aliphatic rings. The van der Waals surface area contributed by atoms with Crippen molar-refractivity contribution >= 4 is 0 Å². The van der Waals surface area contributed by atoms with Crippen LogP contribution in [-0.2, 0) is 6.54 Å². The number of likely N-dealkylation sites (N-methyl/N-ethyl adjacent to an activating group) is 1. The van der Waals surface area contributed by atoms with Gasteiger partial charge in [-0.15, -0.1) is 0 Å². The quantitative estimate of drug-likeness (QED) is 0.625. The molecule has 2 heterocycles. The monoisotopic (exact) mass is 192 g/mol. The molecule has 76 valence electrons. The highest BCUT2D eigenvalue weighted by Crippen LogP contribution is 2.26. The summed E-state index contributed by atoms with van der Waals surface area (Å²) in [5, 5.41) is 0. The first-order valence-corrected chi connectivity index (χ1v) is 4.88. The zero-order valence-corrected chi connectivity index (χ0v) is 8.95. The van der Waals surface area contributed by atoms with Gasteiger partial charge in [-0.05, 0) is 33.0 Å². The van der Waals surface area contributed by atoms with E-state index in [0.717, 1.165) is 24.5 Å². The van der Waals surface area contributed by atoms with Crippen LogP contribution in [0.25, 0.3) is 0 Å². The first-order chi connectivity index (χ1) is 6.57. The highest BCUT2D eigenvalue weighted by Gasteiger charge is 2.27. The third kappa shape index (κ3) is 1.87. The zero-order valence-electron chi connectivity index (χ0n) is 8.95. The number of aromatic nitrogens is 1. The van der Waals surface area contributed by atoms with Gasteiger partial charge in [0.1, 0.15) is 11.4 Å². The summed E-state index contributed by atoms with van der Waals surface area (Å²) in [6, 6.07) is 3.91. The normalized spacial score (nSPS) is 20.8. The average Bonchev–Trinajstić information content (AvgIpc) is 2.16. The van der Waals surface area contributed by atoms with Crippen LogP contribution >= 0.6 is 0 Å². The van der Waals surface area contributed by atoms with Gasteiger partial charge in [-0.3, -0.25) is 9.88 Å². The Hall–Kier alpha value is -1.09. The van der Waals surface area contributed by atoms with Crippen LogP contribution in [0.4, 0.5) is 0 Å². The fraction of sp³-hybridized carbons (Fsp3) is 0.545. The number of hydrogen-bond donors (Lipinski definition) is 0. The van der Waals surface area contributed by atoms with E-state index >= 15 is 0 Å². The fourth-order valence-corrected chi connectivity index (χ4v) is 1.93. The molecule has 0 aromatic carbocycles. The molecule has 0 radical (unpaired) electrons. The van der Waals surface area contributed by atoms with E-state index in [1.165, 1.54) is 0 Å². The van der Waals surface area contributed by atoms with Crippen LogP contribution < -0.4 is 4.74 Å². The van der Waals surface area contributed by atoms with Crippen LogP contribution in [0, 0.1) is 0 Å². The number of ether oxygens (including phenoxy) is 1. The molecule has 0 saturated carbocycles. The Morgan fingerprint density at radius 3 is 3.07 bits per heavy atom. The van der Waals surface area contributed by atoms with Crippen LogP contribution in [0.1, 0.15) is 19.5 Å². The van der Waals surface area contributed by atoms with E-state index < -0.39 is 0 Å². The summed E-state index contributed by atoms with van der Waals surface area (Å²) in [6.45, 7) is 5.99. The third-order valence-electron chi connectivity index (χ3n) is 2.31. The molecule has 0 atom stereocenters. The van der Waals surface area contributed by atoms with Gasteiger partial charge in [0.2, 0.25) is 0 Å². The Morgan fingerprint density at radius 1 is 1.50 bits per heavy atom. The van der Waals surface area contributed by atoms with Crippen molar-refractivity contribution in [1.82, 2.24) is 9.88 Å². The average molecular weight is 192 g/mol. The van der Waals surface area contributed by atoms with E-state index in [9.17, 15) is 0 Å². The zero-order chi connectivity index (χ0) is 10.2. The number of pyridine rings is 1. The first-order valence-electron chi connectivity index (χ1n) is 4.88. The van der Waals surface area contributed by atoms with Gasteiger partial charge in [0, 0.05) is 19.3 Å². The van der Waals surface area contributed by atoms with Gasteiger partial charge in [0.25, 0.3) is 0 Å². The van der Waals surface area contributed by atoms with Gasteiger partial charge in [-0.2, -0.15) is 0 Å². The second-order valence-electron chi connectivity index (χ2n) is 4.48. The molecule has 3 heteroatoms. The summed E-state index contributed by atoms with van der Waals surface area (Å²) in [7, 11) is 2.09. The van der Waals surface area contributed by atoms with Crippen molar-refractivity contribution < 1.29 is 4.74 Å². The molecule has 1 aliphatic heterocycles. The number of nitrogens with zero attached hydrogens (tertiary/aromatic N) is 2. The molecule has 14 heavy (non-hydrogen) atoms. The molecule has 0 amide bonds. The molecule has 0 saturated heterocycles. The molecular weight excluding hydrogens is 176 g/mol. The molecule has 0 fully saturated rings. The van der Waals surface area contributed by atoms with Crippen molar-refractivity contribution in [2.75, 3.05) is 13.6 Å². The van der Waals surface area contributed by atoms with Crippen molar-refractivity contribution in [3.8, 4) is 5.75 Å². The summed E-state index contributed by atoms with van der Waals surface area (Å²) in [4.78, 5) is 6.56. The van der Waals surface area contributed by atoms with Gasteiger partial charge in [-0.25, -0.2) is 0 Å². The Balaban J connectivity index is 2.37. The molecule has 1 aromatic heterocycles. The van der Waals surface area contributed by atoms with Crippen molar-refractivity contribution in [3.05, 3.63) is 24.0 Å². The molecule has 3 nitrogen and oxygen atoms in total. The van der Waals surface area contributed by atoms with E-state index in [-0.39, 0.29) is 5.60 Å². The van der Waals surface area contributed by atoms with Crippen LogP contribution in [0.5, 0.6) is 5.75 Å².